The number of aromatic nitrogens is 2. The molecule has 0 aliphatic rings. The van der Waals surface area contributed by atoms with E-state index in [1.165, 1.54) is 25.4 Å². The highest BCUT2D eigenvalue weighted by Crippen LogP contribution is 2.13. The number of carbonyl (C=O) groups is 1. The summed E-state index contributed by atoms with van der Waals surface area (Å²) in [7, 11) is 1.83. The highest BCUT2D eigenvalue weighted by molar-refractivity contribution is 6.46. The van der Waals surface area contributed by atoms with E-state index in [1.807, 2.05) is 0 Å². The number of carbonyl (C=O) groups excluding carboxylic acids is 1. The summed E-state index contributed by atoms with van der Waals surface area (Å²) in [6.07, 6.45) is 4.12. The van der Waals surface area contributed by atoms with Gasteiger partial charge in [-0.1, -0.05) is 0 Å². The Morgan fingerprint density at radius 1 is 1.83 bits per heavy atom. The van der Waals surface area contributed by atoms with Crippen LogP contribution in [-0.4, -0.2) is 48.5 Å². The fraction of sp³-hybridized carbons (Fsp3) is 0.444. The Kier molecular flexibility index (Phi) is 5.44. The van der Waals surface area contributed by atoms with Crippen molar-refractivity contribution in [2.45, 2.75) is 19.1 Å². The lowest BCUT2D eigenvalue weighted by Crippen LogP contribution is -2.21. The van der Waals surface area contributed by atoms with Gasteiger partial charge >= 0.3 is 20.5 Å². The largest absolute Gasteiger partial charge is 0.555 e. The lowest BCUT2D eigenvalue weighted by atomic mass is 9.77. The van der Waals surface area contributed by atoms with Crippen molar-refractivity contribution in [3.63, 3.8) is 0 Å². The maximum Gasteiger partial charge on any atom is 0.414 e. The number of nitrogens with zero attached hydrogens (tertiary/aromatic N) is 2. The van der Waals surface area contributed by atoms with Crippen molar-refractivity contribution in [1.29, 1.82) is 5.41 Å². The Balaban J connectivity index is 2.68. The zero-order valence-electron chi connectivity index (χ0n) is 10.2. The molecule has 1 heterocycles. The van der Waals surface area contributed by atoms with Gasteiger partial charge in [-0.25, -0.2) is 4.98 Å². The van der Waals surface area contributed by atoms with Gasteiger partial charge in [0.15, 0.2) is 0 Å². The van der Waals surface area contributed by atoms with Crippen LogP contribution in [0.5, 0.6) is 0 Å². The molecule has 0 bridgehead atoms. The smallest absolute Gasteiger partial charge is 0.414 e. The quantitative estimate of drug-likeness (QED) is 0.296. The molecule has 1 rings (SSSR count). The molecule has 0 aromatic carbocycles. The number of methoxy groups -OCH3 is 1. The molecule has 1 radical (unpaired) electrons. The normalized spacial score (nSPS) is 11.5. The summed E-state index contributed by atoms with van der Waals surface area (Å²) < 4.78 is 10.8. The van der Waals surface area contributed by atoms with Crippen molar-refractivity contribution in [1.82, 2.24) is 9.46 Å². The Morgan fingerprint density at radius 3 is 3.06 bits per heavy atom. The van der Waals surface area contributed by atoms with Gasteiger partial charge < -0.3 is 18.9 Å². The van der Waals surface area contributed by atoms with Gasteiger partial charge in [0.2, 0.25) is 0 Å². The molecule has 2 N–H and O–H groups in total. The van der Waals surface area contributed by atoms with Crippen molar-refractivity contribution in [3.05, 3.63) is 18.2 Å². The number of hydrogen-bond donors (Lipinski definition) is 2. The first-order chi connectivity index (χ1) is 8.58. The summed E-state index contributed by atoms with van der Waals surface area (Å²) in [5, 5.41) is 16.1. The molecule has 1 atom stereocenters. The van der Waals surface area contributed by atoms with Crippen LogP contribution < -0.4 is 0 Å². The minimum atomic E-state index is -0.676. The summed E-state index contributed by atoms with van der Waals surface area (Å²) in [6, 6.07) is 0. The summed E-state index contributed by atoms with van der Waals surface area (Å²) in [4.78, 5) is 15.5. The molecule has 0 saturated heterocycles. The second kappa shape index (κ2) is 6.85. The van der Waals surface area contributed by atoms with E-state index in [0.29, 0.717) is 5.69 Å². The van der Waals surface area contributed by atoms with Gasteiger partial charge in [-0.05, 0) is 6.82 Å². The van der Waals surface area contributed by atoms with E-state index >= 15 is 0 Å². The molecule has 0 fully saturated rings. The van der Waals surface area contributed by atoms with E-state index in [1.54, 1.807) is 13.0 Å². The van der Waals surface area contributed by atoms with Crippen LogP contribution in [-0.2, 0) is 20.6 Å². The van der Waals surface area contributed by atoms with Crippen LogP contribution in [0.4, 0.5) is 0 Å². The maximum absolute atomic E-state index is 11.5. The molecule has 0 amide bonds. The molecule has 1 unspecified atom stereocenters. The maximum atomic E-state index is 11.5. The average molecular weight is 250 g/mol. The fourth-order valence-electron chi connectivity index (χ4n) is 1.39. The third-order valence-corrected chi connectivity index (χ3v) is 2.33. The lowest BCUT2D eigenvalue weighted by molar-refractivity contribution is -0.140. The molecule has 0 spiro atoms. The van der Waals surface area contributed by atoms with E-state index in [4.69, 9.17) is 5.41 Å². The number of imidazole rings is 1. The topological polar surface area (TPSA) is 97.4 Å². The standard InChI is InChI=1S/C9H14B2N3O4/c1-11(16)14-4-7(13-6-14)3-8(9(15)17-2)10-18-5-12/h4-6,8,12,16H,3H2,1-2H3. The molecule has 0 aliphatic heterocycles. The lowest BCUT2D eigenvalue weighted by Gasteiger charge is -2.10. The first kappa shape index (κ1) is 14.3. The zero-order chi connectivity index (χ0) is 13.5. The highest BCUT2D eigenvalue weighted by atomic mass is 16.5. The Hall–Kier alpha value is -1.76. The predicted molar refractivity (Wildman–Crippen MR) is 66.6 cm³/mol. The van der Waals surface area contributed by atoms with Crippen LogP contribution in [0, 0.1) is 5.41 Å². The van der Waals surface area contributed by atoms with Crippen LogP contribution in [0.2, 0.25) is 12.6 Å². The molecular weight excluding hydrogens is 236 g/mol. The van der Waals surface area contributed by atoms with Crippen molar-refractivity contribution in [2.24, 2.45) is 0 Å². The Labute approximate surface area is 106 Å². The van der Waals surface area contributed by atoms with Crippen LogP contribution in [0.25, 0.3) is 0 Å². The van der Waals surface area contributed by atoms with Gasteiger partial charge in [0, 0.05) is 12.6 Å². The number of ether oxygens (including phenoxy) is 1. The van der Waals surface area contributed by atoms with Gasteiger partial charge in [-0.15, -0.1) is 0 Å². The Morgan fingerprint density at radius 2 is 2.56 bits per heavy atom. The molecule has 1 aromatic rings. The monoisotopic (exact) mass is 250 g/mol. The van der Waals surface area contributed by atoms with Gasteiger partial charge in [0.25, 0.3) is 0 Å². The van der Waals surface area contributed by atoms with Crippen LogP contribution in [0.1, 0.15) is 5.69 Å². The number of esters is 1. The molecule has 0 saturated carbocycles. The molecule has 9 heteroatoms. The zero-order valence-corrected chi connectivity index (χ0v) is 10.2. The van der Waals surface area contributed by atoms with Crippen LogP contribution in [0.15, 0.2) is 12.5 Å². The molecule has 0 aliphatic carbocycles. The molecule has 95 valence electrons. The molecule has 18 heavy (non-hydrogen) atoms. The van der Waals surface area contributed by atoms with Crippen molar-refractivity contribution < 1.29 is 19.2 Å². The van der Waals surface area contributed by atoms with Crippen molar-refractivity contribution in [2.75, 3.05) is 7.11 Å². The second-order valence-electron chi connectivity index (χ2n) is 3.67. The van der Waals surface area contributed by atoms with Crippen LogP contribution in [0.3, 0.4) is 0 Å². The summed E-state index contributed by atoms with van der Waals surface area (Å²) >= 11 is 0. The number of hydrogen-bond acceptors (Lipinski definition) is 6. The number of nitrogens with one attached hydrogen (secondary N) is 1. The van der Waals surface area contributed by atoms with Crippen molar-refractivity contribution in [3.8, 4) is 0 Å². The third-order valence-electron chi connectivity index (χ3n) is 2.33. The summed E-state index contributed by atoms with van der Waals surface area (Å²) in [5.41, 5.74) is 0.621. The number of rotatable bonds is 7. The van der Waals surface area contributed by atoms with Gasteiger partial charge in [0.1, 0.15) is 6.40 Å². The predicted octanol–water partition coefficient (Wildman–Crippen LogP) is -0.412. The average Bonchev–Trinajstić information content (AvgIpc) is 2.82. The van der Waals surface area contributed by atoms with E-state index in [9.17, 15) is 9.82 Å². The second-order valence-corrected chi connectivity index (χ2v) is 3.67. The first-order valence-corrected chi connectivity index (χ1v) is 5.34. The van der Waals surface area contributed by atoms with Crippen LogP contribution >= 0.6 is 0 Å². The van der Waals surface area contributed by atoms with E-state index in [2.05, 4.69) is 14.4 Å². The summed E-state index contributed by atoms with van der Waals surface area (Å²) in [6.45, 7) is 1.60. The molecule has 7 nitrogen and oxygen atoms in total. The minimum absolute atomic E-state index is 0.278. The van der Waals surface area contributed by atoms with Gasteiger partial charge in [-0.3, -0.25) is 10.2 Å². The van der Waals surface area contributed by atoms with Gasteiger partial charge in [-0.2, -0.15) is 0 Å². The van der Waals surface area contributed by atoms with E-state index in [0.717, 1.165) is 6.40 Å². The third kappa shape index (κ3) is 3.92. The Bertz CT molecular complexity index is 410. The molecule has 1 aromatic heterocycles. The summed E-state index contributed by atoms with van der Waals surface area (Å²) in [5.74, 6) is -1.11. The van der Waals surface area contributed by atoms with Crippen molar-refractivity contribution >= 4 is 26.9 Å². The van der Waals surface area contributed by atoms with Gasteiger partial charge in [0.05, 0.1) is 24.9 Å². The first-order valence-electron chi connectivity index (χ1n) is 5.34. The highest BCUT2D eigenvalue weighted by Gasteiger charge is 2.24. The molecular formula is C9H14B2N3O4. The SMILES string of the molecule is COC(=O)C([B]OC=N)Cc1cn(B(C)O)cn1. The fourth-order valence-corrected chi connectivity index (χ4v) is 1.39. The minimum Gasteiger partial charge on any atom is -0.555 e. The van der Waals surface area contributed by atoms with E-state index < -0.39 is 18.8 Å². The van der Waals surface area contributed by atoms with E-state index in [-0.39, 0.29) is 6.42 Å².